The monoisotopic (exact) mass is 303 g/mol. The van der Waals surface area contributed by atoms with Crippen molar-refractivity contribution in [2.24, 2.45) is 0 Å². The van der Waals surface area contributed by atoms with Gasteiger partial charge in [-0.15, -0.1) is 11.3 Å². The first-order valence-electron chi connectivity index (χ1n) is 6.65. The van der Waals surface area contributed by atoms with Gasteiger partial charge in [0, 0.05) is 11.3 Å². The van der Waals surface area contributed by atoms with Gasteiger partial charge >= 0.3 is 5.97 Å². The predicted molar refractivity (Wildman–Crippen MR) is 84.1 cm³/mol. The van der Waals surface area contributed by atoms with E-state index in [1.54, 1.807) is 6.07 Å². The van der Waals surface area contributed by atoms with Gasteiger partial charge in [-0.3, -0.25) is 4.79 Å². The molecule has 2 rings (SSSR count). The number of hydrogen-bond acceptors (Lipinski definition) is 3. The predicted octanol–water partition coefficient (Wildman–Crippen LogP) is 3.63. The molecule has 0 aliphatic rings. The summed E-state index contributed by atoms with van der Waals surface area (Å²) < 4.78 is 0. The largest absolute Gasteiger partial charge is 0.478 e. The fraction of sp³-hybridized carbons (Fsp3) is 0.250. The van der Waals surface area contributed by atoms with E-state index in [1.165, 1.54) is 16.9 Å². The highest BCUT2D eigenvalue weighted by Crippen LogP contribution is 2.27. The minimum Gasteiger partial charge on any atom is -0.478 e. The van der Waals surface area contributed by atoms with Crippen LogP contribution in [0.1, 0.15) is 32.8 Å². The van der Waals surface area contributed by atoms with Crippen molar-refractivity contribution in [3.8, 4) is 0 Å². The summed E-state index contributed by atoms with van der Waals surface area (Å²) in [4.78, 5) is 23.9. The Labute approximate surface area is 127 Å². The Balaban J connectivity index is 1.96. The number of thiophene rings is 1. The normalized spacial score (nSPS) is 10.4. The van der Waals surface area contributed by atoms with E-state index in [-0.39, 0.29) is 11.5 Å². The standard InChI is InChI=1S/C16H17NO3S/c1-10-3-5-12(6-4-10)7-8-14(18)17-15-13(16(19)20)9-11(2)21-15/h3-6,9H,7-8H2,1-2H3,(H,17,18)(H,19,20). The molecule has 0 atom stereocenters. The van der Waals surface area contributed by atoms with E-state index >= 15 is 0 Å². The zero-order chi connectivity index (χ0) is 15.4. The van der Waals surface area contributed by atoms with Crippen LogP contribution in [0.25, 0.3) is 0 Å². The molecule has 0 fully saturated rings. The lowest BCUT2D eigenvalue weighted by Crippen LogP contribution is -2.13. The number of carbonyl (C=O) groups excluding carboxylic acids is 1. The van der Waals surface area contributed by atoms with Gasteiger partial charge in [-0.2, -0.15) is 0 Å². The Morgan fingerprint density at radius 2 is 1.86 bits per heavy atom. The van der Waals surface area contributed by atoms with Crippen molar-refractivity contribution in [2.45, 2.75) is 26.7 Å². The Hall–Kier alpha value is -2.14. The van der Waals surface area contributed by atoms with Crippen molar-refractivity contribution >= 4 is 28.2 Å². The van der Waals surface area contributed by atoms with E-state index in [1.807, 2.05) is 38.1 Å². The van der Waals surface area contributed by atoms with Gasteiger partial charge in [-0.1, -0.05) is 29.8 Å². The van der Waals surface area contributed by atoms with Gasteiger partial charge in [0.05, 0.1) is 5.56 Å². The molecule has 0 unspecified atom stereocenters. The van der Waals surface area contributed by atoms with E-state index in [0.29, 0.717) is 17.8 Å². The zero-order valence-electron chi connectivity index (χ0n) is 12.0. The van der Waals surface area contributed by atoms with Gasteiger partial charge in [0.1, 0.15) is 5.00 Å². The Morgan fingerprint density at radius 3 is 2.48 bits per heavy atom. The van der Waals surface area contributed by atoms with Gasteiger partial charge in [0.15, 0.2) is 0 Å². The number of aromatic carboxylic acids is 1. The van der Waals surface area contributed by atoms with Crippen LogP contribution in [0, 0.1) is 13.8 Å². The summed E-state index contributed by atoms with van der Waals surface area (Å²) in [6, 6.07) is 9.60. The summed E-state index contributed by atoms with van der Waals surface area (Å²) in [6.45, 7) is 3.84. The average Bonchev–Trinajstić information content (AvgIpc) is 2.79. The van der Waals surface area contributed by atoms with Crippen LogP contribution in [-0.2, 0) is 11.2 Å². The average molecular weight is 303 g/mol. The Bertz CT molecular complexity index is 659. The molecule has 110 valence electrons. The summed E-state index contributed by atoms with van der Waals surface area (Å²) in [5, 5.41) is 12.2. The zero-order valence-corrected chi connectivity index (χ0v) is 12.8. The van der Waals surface area contributed by atoms with E-state index < -0.39 is 5.97 Å². The van der Waals surface area contributed by atoms with Crippen LogP contribution in [-0.4, -0.2) is 17.0 Å². The minimum absolute atomic E-state index is 0.154. The highest BCUT2D eigenvalue weighted by atomic mass is 32.1. The lowest BCUT2D eigenvalue weighted by Gasteiger charge is -2.05. The topological polar surface area (TPSA) is 66.4 Å². The molecule has 5 heteroatoms. The number of carboxylic acids is 1. The molecule has 21 heavy (non-hydrogen) atoms. The van der Waals surface area contributed by atoms with Crippen LogP contribution in [0.4, 0.5) is 5.00 Å². The Kier molecular flexibility index (Phi) is 4.75. The lowest BCUT2D eigenvalue weighted by molar-refractivity contribution is -0.116. The van der Waals surface area contributed by atoms with Gasteiger partial charge in [-0.25, -0.2) is 4.79 Å². The molecule has 0 saturated carbocycles. The molecule has 0 radical (unpaired) electrons. The number of hydrogen-bond donors (Lipinski definition) is 2. The molecule has 1 amide bonds. The summed E-state index contributed by atoms with van der Waals surface area (Å²) in [5.74, 6) is -1.19. The van der Waals surface area contributed by atoms with Gasteiger partial charge in [0.25, 0.3) is 0 Å². The van der Waals surface area contributed by atoms with E-state index in [4.69, 9.17) is 5.11 Å². The number of carbonyl (C=O) groups is 2. The molecule has 1 aromatic carbocycles. The molecule has 0 bridgehead atoms. The maximum Gasteiger partial charge on any atom is 0.338 e. The molecular formula is C16H17NO3S. The van der Waals surface area contributed by atoms with Crippen LogP contribution in [0.15, 0.2) is 30.3 Å². The third-order valence-corrected chi connectivity index (χ3v) is 4.07. The number of anilines is 1. The number of benzene rings is 1. The Morgan fingerprint density at radius 1 is 1.19 bits per heavy atom. The molecule has 0 saturated heterocycles. The third-order valence-electron chi connectivity index (χ3n) is 3.10. The van der Waals surface area contributed by atoms with Gasteiger partial charge in [-0.05, 0) is 31.9 Å². The molecule has 0 aliphatic heterocycles. The smallest absolute Gasteiger partial charge is 0.338 e. The first-order chi connectivity index (χ1) is 9.95. The molecule has 0 aliphatic carbocycles. The van der Waals surface area contributed by atoms with Crippen molar-refractivity contribution in [1.82, 2.24) is 0 Å². The third kappa shape index (κ3) is 4.16. The van der Waals surface area contributed by atoms with Crippen molar-refractivity contribution < 1.29 is 14.7 Å². The first-order valence-corrected chi connectivity index (χ1v) is 7.46. The SMILES string of the molecule is Cc1ccc(CCC(=O)Nc2sc(C)cc2C(=O)O)cc1. The summed E-state index contributed by atoms with van der Waals surface area (Å²) in [6.07, 6.45) is 0.970. The summed E-state index contributed by atoms with van der Waals surface area (Å²) in [5.41, 5.74) is 2.43. The summed E-state index contributed by atoms with van der Waals surface area (Å²) >= 11 is 1.28. The summed E-state index contributed by atoms with van der Waals surface area (Å²) in [7, 11) is 0. The highest BCUT2D eigenvalue weighted by Gasteiger charge is 2.15. The van der Waals surface area contributed by atoms with Crippen molar-refractivity contribution in [3.05, 3.63) is 51.9 Å². The molecule has 2 aromatic rings. The number of carboxylic acid groups (broad SMARTS) is 1. The van der Waals surface area contributed by atoms with Crippen molar-refractivity contribution in [2.75, 3.05) is 5.32 Å². The number of aryl methyl sites for hydroxylation is 3. The maximum absolute atomic E-state index is 11.9. The molecule has 0 spiro atoms. The fourth-order valence-corrected chi connectivity index (χ4v) is 2.89. The highest BCUT2D eigenvalue weighted by molar-refractivity contribution is 7.16. The molecular weight excluding hydrogens is 286 g/mol. The van der Waals surface area contributed by atoms with E-state index in [9.17, 15) is 9.59 Å². The second kappa shape index (κ2) is 6.54. The molecule has 2 N–H and O–H groups in total. The number of amides is 1. The fourth-order valence-electron chi connectivity index (χ4n) is 1.97. The van der Waals surface area contributed by atoms with Gasteiger partial charge < -0.3 is 10.4 Å². The number of rotatable bonds is 5. The van der Waals surface area contributed by atoms with Crippen LogP contribution in [0.3, 0.4) is 0 Å². The maximum atomic E-state index is 11.9. The minimum atomic E-state index is -1.02. The van der Waals surface area contributed by atoms with E-state index in [2.05, 4.69) is 5.32 Å². The van der Waals surface area contributed by atoms with Crippen molar-refractivity contribution in [3.63, 3.8) is 0 Å². The van der Waals surface area contributed by atoms with Crippen LogP contribution >= 0.6 is 11.3 Å². The van der Waals surface area contributed by atoms with Crippen LogP contribution in [0.5, 0.6) is 0 Å². The van der Waals surface area contributed by atoms with Crippen LogP contribution < -0.4 is 5.32 Å². The van der Waals surface area contributed by atoms with Crippen LogP contribution in [0.2, 0.25) is 0 Å². The quantitative estimate of drug-likeness (QED) is 0.886. The number of nitrogens with one attached hydrogen (secondary N) is 1. The van der Waals surface area contributed by atoms with Gasteiger partial charge in [0.2, 0.25) is 5.91 Å². The first kappa shape index (κ1) is 15.3. The molecule has 4 nitrogen and oxygen atoms in total. The van der Waals surface area contributed by atoms with E-state index in [0.717, 1.165) is 10.4 Å². The second-order valence-electron chi connectivity index (χ2n) is 4.94. The molecule has 1 aromatic heterocycles. The second-order valence-corrected chi connectivity index (χ2v) is 6.20. The lowest BCUT2D eigenvalue weighted by atomic mass is 10.1. The van der Waals surface area contributed by atoms with Crippen molar-refractivity contribution in [1.29, 1.82) is 0 Å². The molecule has 1 heterocycles.